The van der Waals surface area contributed by atoms with Crippen LogP contribution in [-0.4, -0.2) is 44.5 Å². The predicted molar refractivity (Wildman–Crippen MR) is 77.5 cm³/mol. The Morgan fingerprint density at radius 3 is 2.90 bits per heavy atom. The minimum absolute atomic E-state index is 0.00643. The van der Waals surface area contributed by atoms with Gasteiger partial charge in [-0.3, -0.25) is 4.79 Å². The second kappa shape index (κ2) is 9.90. The Morgan fingerprint density at radius 2 is 2.24 bits per heavy atom. The second-order valence-corrected chi connectivity index (χ2v) is 4.21. The molecule has 1 aromatic carbocycles. The van der Waals surface area contributed by atoms with Crippen LogP contribution in [0.25, 0.3) is 6.08 Å². The van der Waals surface area contributed by atoms with E-state index in [2.05, 4.69) is 5.32 Å². The van der Waals surface area contributed by atoms with Gasteiger partial charge in [-0.25, -0.2) is 4.39 Å². The lowest BCUT2D eigenvalue weighted by atomic mass is 10.2. The minimum atomic E-state index is -0.471. The van der Waals surface area contributed by atoms with E-state index in [1.165, 1.54) is 31.4 Å². The molecule has 0 atom stereocenters. The van der Waals surface area contributed by atoms with Gasteiger partial charge in [0.2, 0.25) is 5.91 Å². The molecule has 0 spiro atoms. The van der Waals surface area contributed by atoms with Crippen molar-refractivity contribution in [2.45, 2.75) is 6.42 Å². The van der Waals surface area contributed by atoms with Crippen LogP contribution in [0.1, 0.15) is 12.0 Å². The first-order valence-electron chi connectivity index (χ1n) is 6.65. The Labute approximate surface area is 123 Å². The van der Waals surface area contributed by atoms with Crippen LogP contribution in [0.4, 0.5) is 4.39 Å². The molecular formula is C15H20FNO4. The van der Waals surface area contributed by atoms with E-state index in [1.807, 2.05) is 0 Å². The molecule has 2 N–H and O–H groups in total. The Balaban J connectivity index is 2.32. The molecule has 116 valence electrons. The van der Waals surface area contributed by atoms with Crippen molar-refractivity contribution in [1.29, 1.82) is 0 Å². The van der Waals surface area contributed by atoms with Crippen molar-refractivity contribution >= 4 is 12.0 Å². The largest absolute Gasteiger partial charge is 0.494 e. The minimum Gasteiger partial charge on any atom is -0.494 e. The van der Waals surface area contributed by atoms with Gasteiger partial charge in [0, 0.05) is 19.2 Å². The van der Waals surface area contributed by atoms with Gasteiger partial charge in [-0.15, -0.1) is 0 Å². The fourth-order valence-corrected chi connectivity index (χ4v) is 1.57. The van der Waals surface area contributed by atoms with Crippen molar-refractivity contribution in [3.05, 3.63) is 35.7 Å². The number of methoxy groups -OCH3 is 1. The van der Waals surface area contributed by atoms with Gasteiger partial charge in [-0.1, -0.05) is 6.07 Å². The van der Waals surface area contributed by atoms with E-state index in [0.29, 0.717) is 31.7 Å². The molecule has 6 heteroatoms. The number of rotatable bonds is 9. The van der Waals surface area contributed by atoms with Crippen LogP contribution in [0.2, 0.25) is 0 Å². The molecule has 0 bridgehead atoms. The van der Waals surface area contributed by atoms with Crippen molar-refractivity contribution in [3.63, 3.8) is 0 Å². The van der Waals surface area contributed by atoms with Crippen LogP contribution >= 0.6 is 0 Å². The Morgan fingerprint density at radius 1 is 1.43 bits per heavy atom. The molecule has 0 aliphatic heterocycles. The first-order chi connectivity index (χ1) is 10.2. The van der Waals surface area contributed by atoms with Crippen LogP contribution in [0.3, 0.4) is 0 Å². The van der Waals surface area contributed by atoms with Crippen molar-refractivity contribution in [2.75, 3.05) is 33.5 Å². The zero-order valence-electron chi connectivity index (χ0n) is 12.0. The number of aliphatic hydroxyl groups excluding tert-OH is 1. The van der Waals surface area contributed by atoms with Crippen LogP contribution in [0, 0.1) is 5.82 Å². The summed E-state index contributed by atoms with van der Waals surface area (Å²) in [5.41, 5.74) is 0.578. The normalized spacial score (nSPS) is 10.8. The third-order valence-electron chi connectivity index (χ3n) is 2.60. The van der Waals surface area contributed by atoms with Crippen molar-refractivity contribution < 1.29 is 23.8 Å². The zero-order valence-corrected chi connectivity index (χ0v) is 12.0. The molecule has 0 aliphatic carbocycles. The number of amides is 1. The maximum Gasteiger partial charge on any atom is 0.244 e. The van der Waals surface area contributed by atoms with Gasteiger partial charge in [0.1, 0.15) is 0 Å². The number of carbonyl (C=O) groups is 1. The highest BCUT2D eigenvalue weighted by molar-refractivity contribution is 5.91. The van der Waals surface area contributed by atoms with Crippen molar-refractivity contribution in [3.8, 4) is 5.75 Å². The van der Waals surface area contributed by atoms with Gasteiger partial charge in [0.05, 0.1) is 20.3 Å². The first-order valence-corrected chi connectivity index (χ1v) is 6.65. The monoisotopic (exact) mass is 297 g/mol. The standard InChI is InChI=1S/C15H20FNO4/c1-20-14-5-3-12(11-13(14)16)4-6-15(19)17-7-2-9-21-10-8-18/h3-6,11,18H,2,7-10H2,1H3,(H,17,19)/b6-4+. The van der Waals surface area contributed by atoms with Gasteiger partial charge < -0.3 is 19.9 Å². The number of hydrogen-bond acceptors (Lipinski definition) is 4. The molecule has 5 nitrogen and oxygen atoms in total. The molecule has 0 unspecified atom stereocenters. The average Bonchev–Trinajstić information content (AvgIpc) is 2.49. The number of benzene rings is 1. The van der Waals surface area contributed by atoms with Crippen LogP contribution in [0.15, 0.2) is 24.3 Å². The lowest BCUT2D eigenvalue weighted by Gasteiger charge is -2.03. The molecule has 0 aromatic heterocycles. The summed E-state index contributed by atoms with van der Waals surface area (Å²) in [5.74, 6) is -0.561. The van der Waals surface area contributed by atoms with E-state index in [0.717, 1.165) is 0 Å². The summed E-state index contributed by atoms with van der Waals surface area (Å²) in [5, 5.41) is 11.2. The van der Waals surface area contributed by atoms with Crippen LogP contribution in [-0.2, 0) is 9.53 Å². The van der Waals surface area contributed by atoms with Crippen molar-refractivity contribution in [1.82, 2.24) is 5.32 Å². The molecule has 0 fully saturated rings. The summed E-state index contributed by atoms with van der Waals surface area (Å²) in [7, 11) is 1.39. The fraction of sp³-hybridized carbons (Fsp3) is 0.400. The Bertz CT molecular complexity index is 477. The number of carbonyl (C=O) groups excluding carboxylic acids is 1. The fourth-order valence-electron chi connectivity index (χ4n) is 1.57. The summed E-state index contributed by atoms with van der Waals surface area (Å²) < 4.78 is 23.3. The van der Waals surface area contributed by atoms with E-state index in [1.54, 1.807) is 6.07 Å². The molecule has 1 rings (SSSR count). The molecular weight excluding hydrogens is 277 g/mol. The highest BCUT2D eigenvalue weighted by atomic mass is 19.1. The molecule has 21 heavy (non-hydrogen) atoms. The Kier molecular flexibility index (Phi) is 8.08. The molecule has 0 saturated heterocycles. The van der Waals surface area contributed by atoms with E-state index < -0.39 is 5.82 Å². The number of nitrogens with one attached hydrogen (secondary N) is 1. The second-order valence-electron chi connectivity index (χ2n) is 4.21. The summed E-state index contributed by atoms with van der Waals surface area (Å²) in [6.45, 7) is 1.25. The van der Waals surface area contributed by atoms with E-state index in [-0.39, 0.29) is 18.3 Å². The smallest absolute Gasteiger partial charge is 0.244 e. The number of ether oxygens (including phenoxy) is 2. The summed E-state index contributed by atoms with van der Waals surface area (Å²) >= 11 is 0. The number of aliphatic hydroxyl groups is 1. The van der Waals surface area contributed by atoms with E-state index >= 15 is 0 Å². The van der Waals surface area contributed by atoms with Crippen LogP contribution < -0.4 is 10.1 Å². The highest BCUT2D eigenvalue weighted by Crippen LogP contribution is 2.18. The maximum absolute atomic E-state index is 13.4. The summed E-state index contributed by atoms with van der Waals surface area (Å²) in [6.07, 6.45) is 3.53. The topological polar surface area (TPSA) is 67.8 Å². The van der Waals surface area contributed by atoms with Gasteiger partial charge in [-0.05, 0) is 30.2 Å². The van der Waals surface area contributed by atoms with Gasteiger partial charge in [-0.2, -0.15) is 0 Å². The predicted octanol–water partition coefficient (Wildman–Crippen LogP) is 1.36. The highest BCUT2D eigenvalue weighted by Gasteiger charge is 2.02. The third kappa shape index (κ3) is 6.87. The lowest BCUT2D eigenvalue weighted by Crippen LogP contribution is -2.23. The van der Waals surface area contributed by atoms with Gasteiger partial charge in [0.25, 0.3) is 0 Å². The molecule has 0 aliphatic rings. The van der Waals surface area contributed by atoms with Crippen molar-refractivity contribution in [2.24, 2.45) is 0 Å². The number of hydrogen-bond donors (Lipinski definition) is 2. The van der Waals surface area contributed by atoms with Gasteiger partial charge >= 0.3 is 0 Å². The summed E-state index contributed by atoms with van der Waals surface area (Å²) in [4.78, 5) is 11.5. The molecule has 0 heterocycles. The molecule has 0 radical (unpaired) electrons. The molecule has 1 aromatic rings. The SMILES string of the molecule is COc1ccc(/C=C/C(=O)NCCCOCCO)cc1F. The Hall–Kier alpha value is -1.92. The average molecular weight is 297 g/mol. The van der Waals surface area contributed by atoms with Crippen LogP contribution in [0.5, 0.6) is 5.75 Å². The summed E-state index contributed by atoms with van der Waals surface area (Å²) in [6, 6.07) is 4.46. The zero-order chi connectivity index (χ0) is 15.5. The number of halogens is 1. The molecule has 0 saturated carbocycles. The van der Waals surface area contributed by atoms with E-state index in [4.69, 9.17) is 14.6 Å². The first kappa shape index (κ1) is 17.1. The quantitative estimate of drug-likeness (QED) is 0.533. The molecule has 1 amide bonds. The maximum atomic E-state index is 13.4. The van der Waals surface area contributed by atoms with Gasteiger partial charge in [0.15, 0.2) is 11.6 Å². The lowest BCUT2D eigenvalue weighted by molar-refractivity contribution is -0.116. The van der Waals surface area contributed by atoms with E-state index in [9.17, 15) is 9.18 Å². The third-order valence-corrected chi connectivity index (χ3v) is 2.60.